The van der Waals surface area contributed by atoms with Gasteiger partial charge >= 0.3 is 0 Å². The van der Waals surface area contributed by atoms with E-state index < -0.39 is 0 Å². The zero-order valence-electron chi connectivity index (χ0n) is 16.3. The number of aryl methyl sites for hydroxylation is 2. The average molecular weight is 395 g/mol. The summed E-state index contributed by atoms with van der Waals surface area (Å²) in [5, 5.41) is 12.5. The normalized spacial score (nSPS) is 11.0. The fraction of sp³-hybridized carbons (Fsp3) is 0.318. The molecule has 146 valence electrons. The predicted molar refractivity (Wildman–Crippen MR) is 114 cm³/mol. The number of nitrogens with one attached hydrogen (secondary N) is 1. The van der Waals surface area contributed by atoms with Gasteiger partial charge in [-0.25, -0.2) is 0 Å². The van der Waals surface area contributed by atoms with Crippen LogP contribution >= 0.6 is 11.8 Å². The van der Waals surface area contributed by atoms with E-state index in [4.69, 9.17) is 0 Å². The van der Waals surface area contributed by atoms with Crippen molar-refractivity contribution >= 4 is 17.7 Å². The minimum absolute atomic E-state index is 0.0205. The topological polar surface area (TPSA) is 59.8 Å². The SMILES string of the molecule is CC(C)CNC(=O)CSc1nnc(CCc2ccccc2)n1-c1ccccc1. The molecule has 0 unspecified atom stereocenters. The van der Waals surface area contributed by atoms with E-state index >= 15 is 0 Å². The molecule has 28 heavy (non-hydrogen) atoms. The first-order valence-electron chi connectivity index (χ1n) is 9.56. The second-order valence-corrected chi connectivity index (χ2v) is 7.98. The van der Waals surface area contributed by atoms with Crippen LogP contribution in [0.25, 0.3) is 5.69 Å². The smallest absolute Gasteiger partial charge is 0.230 e. The second-order valence-electron chi connectivity index (χ2n) is 7.04. The number of benzene rings is 2. The Morgan fingerprint density at radius 2 is 1.68 bits per heavy atom. The van der Waals surface area contributed by atoms with Crippen LogP contribution in [0.5, 0.6) is 0 Å². The van der Waals surface area contributed by atoms with Crippen molar-refractivity contribution in [2.45, 2.75) is 31.8 Å². The lowest BCUT2D eigenvalue weighted by Gasteiger charge is -2.11. The summed E-state index contributed by atoms with van der Waals surface area (Å²) < 4.78 is 2.06. The van der Waals surface area contributed by atoms with E-state index in [1.54, 1.807) is 0 Å². The van der Waals surface area contributed by atoms with Gasteiger partial charge in [0.25, 0.3) is 0 Å². The van der Waals surface area contributed by atoms with Gasteiger partial charge in [0.15, 0.2) is 5.16 Å². The quantitative estimate of drug-likeness (QED) is 0.559. The molecule has 6 heteroatoms. The first-order valence-corrected chi connectivity index (χ1v) is 10.5. The Labute approximate surface area is 170 Å². The first kappa shape index (κ1) is 20.1. The molecular weight excluding hydrogens is 368 g/mol. The number of hydrogen-bond acceptors (Lipinski definition) is 4. The molecule has 1 heterocycles. The lowest BCUT2D eigenvalue weighted by atomic mass is 10.1. The van der Waals surface area contributed by atoms with Crippen molar-refractivity contribution in [3.8, 4) is 5.69 Å². The Balaban J connectivity index is 1.74. The van der Waals surface area contributed by atoms with Gasteiger partial charge in [-0.3, -0.25) is 9.36 Å². The van der Waals surface area contributed by atoms with E-state index in [1.807, 2.05) is 48.5 Å². The molecule has 0 saturated carbocycles. The molecule has 1 amide bonds. The van der Waals surface area contributed by atoms with Crippen LogP contribution in [0.3, 0.4) is 0 Å². The van der Waals surface area contributed by atoms with Crippen LogP contribution in [0, 0.1) is 5.92 Å². The van der Waals surface area contributed by atoms with E-state index in [2.05, 4.69) is 46.1 Å². The third-order valence-electron chi connectivity index (χ3n) is 4.23. The maximum absolute atomic E-state index is 12.1. The monoisotopic (exact) mass is 394 g/mol. The van der Waals surface area contributed by atoms with E-state index in [0.29, 0.717) is 18.2 Å². The molecule has 0 fully saturated rings. The minimum atomic E-state index is 0.0205. The highest BCUT2D eigenvalue weighted by Gasteiger charge is 2.16. The molecule has 0 aliphatic heterocycles. The van der Waals surface area contributed by atoms with Gasteiger partial charge in [-0.1, -0.05) is 74.1 Å². The number of rotatable bonds is 9. The molecule has 3 rings (SSSR count). The molecule has 0 atom stereocenters. The summed E-state index contributed by atoms with van der Waals surface area (Å²) in [5.74, 6) is 1.69. The Morgan fingerprint density at radius 3 is 2.36 bits per heavy atom. The maximum atomic E-state index is 12.1. The van der Waals surface area contributed by atoms with Crippen LogP contribution in [0.2, 0.25) is 0 Å². The van der Waals surface area contributed by atoms with Gasteiger partial charge in [-0.05, 0) is 30.0 Å². The summed E-state index contributed by atoms with van der Waals surface area (Å²) in [6.07, 6.45) is 1.68. The predicted octanol–water partition coefficient (Wildman–Crippen LogP) is 3.92. The van der Waals surface area contributed by atoms with Crippen LogP contribution in [0.1, 0.15) is 25.2 Å². The molecule has 3 aromatic rings. The standard InChI is InChI=1S/C22H26N4OS/c1-17(2)15-23-21(27)16-28-22-25-24-20(14-13-18-9-5-3-6-10-18)26(22)19-11-7-4-8-12-19/h3-12,17H,13-16H2,1-2H3,(H,23,27). The average Bonchev–Trinajstić information content (AvgIpc) is 3.13. The highest BCUT2D eigenvalue weighted by atomic mass is 32.2. The van der Waals surface area contributed by atoms with Crippen molar-refractivity contribution in [3.05, 3.63) is 72.1 Å². The zero-order valence-corrected chi connectivity index (χ0v) is 17.2. The van der Waals surface area contributed by atoms with Crippen LogP contribution in [-0.2, 0) is 17.6 Å². The highest BCUT2D eigenvalue weighted by molar-refractivity contribution is 7.99. The van der Waals surface area contributed by atoms with Crippen LogP contribution in [-0.4, -0.2) is 33.0 Å². The Morgan fingerprint density at radius 1 is 1.00 bits per heavy atom. The maximum Gasteiger partial charge on any atom is 0.230 e. The fourth-order valence-corrected chi connectivity index (χ4v) is 3.59. The molecule has 0 bridgehead atoms. The summed E-state index contributed by atoms with van der Waals surface area (Å²) in [5.41, 5.74) is 2.29. The Hall–Kier alpha value is -2.60. The summed E-state index contributed by atoms with van der Waals surface area (Å²) in [7, 11) is 0. The lowest BCUT2D eigenvalue weighted by Crippen LogP contribution is -2.28. The molecular formula is C22H26N4OS. The van der Waals surface area contributed by atoms with Gasteiger partial charge in [0.1, 0.15) is 5.82 Å². The van der Waals surface area contributed by atoms with Gasteiger partial charge in [0, 0.05) is 18.7 Å². The molecule has 0 spiro atoms. The van der Waals surface area contributed by atoms with Crippen molar-refractivity contribution in [2.24, 2.45) is 5.92 Å². The molecule has 1 N–H and O–H groups in total. The Kier molecular flexibility index (Phi) is 7.25. The van der Waals surface area contributed by atoms with E-state index in [1.165, 1.54) is 17.3 Å². The second kappa shape index (κ2) is 10.1. The van der Waals surface area contributed by atoms with E-state index in [-0.39, 0.29) is 5.91 Å². The largest absolute Gasteiger partial charge is 0.355 e. The van der Waals surface area contributed by atoms with Gasteiger partial charge in [-0.2, -0.15) is 0 Å². The summed E-state index contributed by atoms with van der Waals surface area (Å²) in [6, 6.07) is 20.4. The number of carbonyl (C=O) groups excluding carboxylic acids is 1. The Bertz CT molecular complexity index is 878. The van der Waals surface area contributed by atoms with E-state index in [9.17, 15) is 4.79 Å². The van der Waals surface area contributed by atoms with Crippen molar-refractivity contribution in [1.82, 2.24) is 20.1 Å². The van der Waals surface area contributed by atoms with Crippen LogP contribution < -0.4 is 5.32 Å². The van der Waals surface area contributed by atoms with Crippen molar-refractivity contribution < 1.29 is 4.79 Å². The molecule has 0 aliphatic carbocycles. The van der Waals surface area contributed by atoms with Crippen LogP contribution in [0.15, 0.2) is 65.8 Å². The van der Waals surface area contributed by atoms with E-state index in [0.717, 1.165) is 29.5 Å². The third kappa shape index (κ3) is 5.70. The van der Waals surface area contributed by atoms with Crippen molar-refractivity contribution in [1.29, 1.82) is 0 Å². The van der Waals surface area contributed by atoms with Crippen LogP contribution in [0.4, 0.5) is 0 Å². The van der Waals surface area contributed by atoms with Gasteiger partial charge in [0.2, 0.25) is 5.91 Å². The van der Waals surface area contributed by atoms with Gasteiger partial charge < -0.3 is 5.32 Å². The fourth-order valence-electron chi connectivity index (χ4n) is 2.79. The number of nitrogens with zero attached hydrogens (tertiary/aromatic N) is 3. The lowest BCUT2D eigenvalue weighted by molar-refractivity contribution is -0.118. The number of aromatic nitrogens is 3. The highest BCUT2D eigenvalue weighted by Crippen LogP contribution is 2.22. The summed E-state index contributed by atoms with van der Waals surface area (Å²) >= 11 is 1.42. The number of hydrogen-bond donors (Lipinski definition) is 1. The minimum Gasteiger partial charge on any atom is -0.355 e. The summed E-state index contributed by atoms with van der Waals surface area (Å²) in [6.45, 7) is 4.85. The molecule has 1 aromatic heterocycles. The van der Waals surface area contributed by atoms with Gasteiger partial charge in [-0.15, -0.1) is 10.2 Å². The number of thioether (sulfide) groups is 1. The zero-order chi connectivity index (χ0) is 19.8. The number of amides is 1. The van der Waals surface area contributed by atoms with Crippen molar-refractivity contribution in [3.63, 3.8) is 0 Å². The number of carbonyl (C=O) groups is 1. The number of para-hydroxylation sites is 1. The molecule has 0 aliphatic rings. The molecule has 2 aromatic carbocycles. The third-order valence-corrected chi connectivity index (χ3v) is 5.16. The first-order chi connectivity index (χ1) is 13.6. The molecule has 0 radical (unpaired) electrons. The summed E-state index contributed by atoms with van der Waals surface area (Å²) in [4.78, 5) is 12.1. The van der Waals surface area contributed by atoms with Crippen molar-refractivity contribution in [2.75, 3.05) is 12.3 Å². The molecule has 5 nitrogen and oxygen atoms in total. The van der Waals surface area contributed by atoms with Gasteiger partial charge in [0.05, 0.1) is 5.75 Å². The molecule has 0 saturated heterocycles.